The number of carbonyl (C=O) groups is 3. The van der Waals surface area contributed by atoms with E-state index in [9.17, 15) is 19.5 Å². The molecule has 2 aliphatic rings. The van der Waals surface area contributed by atoms with Crippen LogP contribution in [0.2, 0.25) is 0 Å². The number of amides is 3. The smallest absolute Gasteiger partial charge is 0.545 e. The second-order valence-electron chi connectivity index (χ2n) is 6.28. The Kier molecular flexibility index (Phi) is 7.82. The fraction of sp³-hybridized carbons (Fsp3) is 0.471. The maximum absolute atomic E-state index is 11.9. The molecule has 3 rings (SSSR count). The van der Waals surface area contributed by atoms with E-state index in [1.807, 2.05) is 11.8 Å². The van der Waals surface area contributed by atoms with Crippen LogP contribution >= 0.6 is 11.8 Å². The number of aromatic carboxylic acids is 1. The molecule has 0 spiro atoms. The first-order chi connectivity index (χ1) is 12.0. The van der Waals surface area contributed by atoms with Gasteiger partial charge in [-0.15, -0.1) is 0 Å². The van der Waals surface area contributed by atoms with Crippen molar-refractivity contribution < 1.29 is 49.0 Å². The molecule has 26 heavy (non-hydrogen) atoms. The van der Waals surface area contributed by atoms with Crippen molar-refractivity contribution in [3.05, 3.63) is 29.8 Å². The van der Waals surface area contributed by atoms with Gasteiger partial charge in [-0.2, -0.15) is 11.8 Å². The summed E-state index contributed by atoms with van der Waals surface area (Å²) in [5, 5.41) is 19.7. The van der Waals surface area contributed by atoms with Crippen LogP contribution in [0.5, 0.6) is 0 Å². The summed E-state index contributed by atoms with van der Waals surface area (Å²) >= 11 is 1.87. The summed E-state index contributed by atoms with van der Waals surface area (Å²) in [5.41, 5.74) is 0.655. The Bertz CT molecular complexity index is 670. The average Bonchev–Trinajstić information content (AvgIpc) is 3.11. The number of carbonyl (C=O) groups excluding carboxylic acids is 3. The van der Waals surface area contributed by atoms with E-state index in [-0.39, 0.29) is 59.1 Å². The van der Waals surface area contributed by atoms with Crippen molar-refractivity contribution in [2.75, 3.05) is 11.1 Å². The zero-order chi connectivity index (χ0) is 17.8. The van der Waals surface area contributed by atoms with Crippen LogP contribution in [0, 0.1) is 0 Å². The minimum Gasteiger partial charge on any atom is -0.545 e. The molecule has 0 saturated carbocycles. The average molecular weight is 385 g/mol. The van der Waals surface area contributed by atoms with Gasteiger partial charge in [0.2, 0.25) is 5.91 Å². The third kappa shape index (κ3) is 5.39. The predicted octanol–water partition coefficient (Wildman–Crippen LogP) is -2.28. The zero-order valence-corrected chi connectivity index (χ0v) is 17.4. The topological polar surface area (TPSA) is 110 Å². The van der Waals surface area contributed by atoms with Crippen LogP contribution < -0.4 is 50.6 Å². The number of hydrogen-bond donors (Lipinski definition) is 3. The van der Waals surface area contributed by atoms with E-state index < -0.39 is 5.97 Å². The number of hydrogen-bond acceptors (Lipinski definition) is 5. The SMILES string of the molecule is O=C(CCCCC1SC[C@H]2NC(=O)N[C@@H]12)Nc1ccc(C(=O)[O-])cc1.[Na+]. The van der Waals surface area contributed by atoms with Gasteiger partial charge in [0.05, 0.1) is 18.1 Å². The molecule has 0 aromatic heterocycles. The number of unbranched alkanes of at least 4 members (excludes halogenated alkanes) is 1. The van der Waals surface area contributed by atoms with Crippen LogP contribution in [0.3, 0.4) is 0 Å². The van der Waals surface area contributed by atoms with Crippen molar-refractivity contribution in [3.63, 3.8) is 0 Å². The van der Waals surface area contributed by atoms with Gasteiger partial charge in [-0.3, -0.25) is 4.79 Å². The number of thioether (sulfide) groups is 1. The van der Waals surface area contributed by atoms with E-state index in [2.05, 4.69) is 16.0 Å². The van der Waals surface area contributed by atoms with E-state index in [0.717, 1.165) is 25.0 Å². The van der Waals surface area contributed by atoms with Crippen LogP contribution in [0.1, 0.15) is 36.0 Å². The Morgan fingerprint density at radius 3 is 2.62 bits per heavy atom. The number of nitrogens with one attached hydrogen (secondary N) is 3. The number of benzene rings is 1. The van der Waals surface area contributed by atoms with Gasteiger partial charge in [0.15, 0.2) is 0 Å². The van der Waals surface area contributed by atoms with E-state index in [1.54, 1.807) is 12.1 Å². The van der Waals surface area contributed by atoms with Crippen molar-refractivity contribution in [2.45, 2.75) is 43.0 Å². The van der Waals surface area contributed by atoms with Gasteiger partial charge in [0.25, 0.3) is 0 Å². The number of carboxylic acid groups (broad SMARTS) is 1. The summed E-state index contributed by atoms with van der Waals surface area (Å²) in [4.78, 5) is 34.0. The molecule has 3 atom stereocenters. The first-order valence-electron chi connectivity index (χ1n) is 8.33. The van der Waals surface area contributed by atoms with Crippen molar-refractivity contribution in [3.8, 4) is 0 Å². The molecule has 3 N–H and O–H groups in total. The molecule has 2 aliphatic heterocycles. The largest absolute Gasteiger partial charge is 1.00 e. The number of carboxylic acids is 1. The second-order valence-corrected chi connectivity index (χ2v) is 7.55. The Morgan fingerprint density at radius 1 is 1.19 bits per heavy atom. The minimum atomic E-state index is -1.24. The van der Waals surface area contributed by atoms with E-state index >= 15 is 0 Å². The number of fused-ring (bicyclic) bond motifs is 1. The van der Waals surface area contributed by atoms with Gasteiger partial charge >= 0.3 is 35.6 Å². The van der Waals surface area contributed by atoms with Crippen molar-refractivity contribution in [2.24, 2.45) is 0 Å². The van der Waals surface area contributed by atoms with Crippen molar-refractivity contribution in [1.29, 1.82) is 0 Å². The predicted molar refractivity (Wildman–Crippen MR) is 93.4 cm³/mol. The summed E-state index contributed by atoms with van der Waals surface area (Å²) in [7, 11) is 0. The van der Waals surface area contributed by atoms with Crippen LogP contribution in [-0.4, -0.2) is 41.0 Å². The third-order valence-corrected chi connectivity index (χ3v) is 5.99. The molecule has 1 unspecified atom stereocenters. The quantitative estimate of drug-likeness (QED) is 0.278. The zero-order valence-electron chi connectivity index (χ0n) is 14.6. The monoisotopic (exact) mass is 385 g/mol. The van der Waals surface area contributed by atoms with E-state index in [0.29, 0.717) is 17.4 Å². The molecule has 0 radical (unpaired) electrons. The maximum atomic E-state index is 11.9. The Balaban J connectivity index is 0.00000243. The first-order valence-corrected chi connectivity index (χ1v) is 9.38. The van der Waals surface area contributed by atoms with Gasteiger partial charge in [0, 0.05) is 23.1 Å². The van der Waals surface area contributed by atoms with Crippen molar-refractivity contribution >= 4 is 35.4 Å². The standard InChI is InChI=1S/C17H21N3O4S.Na/c21-14(18-11-7-5-10(6-8-11)16(22)23)4-2-1-3-13-15-12(9-25-13)19-17(24)20-15;/h5-8,12-13,15H,1-4,9H2,(H,18,21)(H,22,23)(H2,19,20,24);/q;+1/p-1/t12-,13?,15-;/m1./s1. The molecule has 0 bridgehead atoms. The van der Waals surface area contributed by atoms with Crippen LogP contribution in [0.25, 0.3) is 0 Å². The van der Waals surface area contributed by atoms with Gasteiger partial charge < -0.3 is 25.9 Å². The molecular weight excluding hydrogens is 365 g/mol. The van der Waals surface area contributed by atoms with Gasteiger partial charge in [0.1, 0.15) is 0 Å². The summed E-state index contributed by atoms with van der Waals surface area (Å²) in [5.74, 6) is -0.385. The summed E-state index contributed by atoms with van der Waals surface area (Å²) in [6.45, 7) is 0. The normalized spacial score (nSPS) is 23.4. The second kappa shape index (κ2) is 9.64. The van der Waals surface area contributed by atoms with Crippen LogP contribution in [-0.2, 0) is 4.79 Å². The van der Waals surface area contributed by atoms with E-state index in [1.165, 1.54) is 12.1 Å². The summed E-state index contributed by atoms with van der Waals surface area (Å²) in [6.07, 6.45) is 3.09. The molecule has 0 aliphatic carbocycles. The molecular formula is C17H20N3NaO4S. The molecule has 2 saturated heterocycles. The fourth-order valence-electron chi connectivity index (χ4n) is 3.19. The van der Waals surface area contributed by atoms with Gasteiger partial charge in [-0.05, 0) is 30.5 Å². The molecule has 9 heteroatoms. The Labute approximate surface area is 178 Å². The molecule has 1 aromatic rings. The molecule has 2 heterocycles. The summed E-state index contributed by atoms with van der Waals surface area (Å²) in [6, 6.07) is 6.26. The van der Waals surface area contributed by atoms with Gasteiger partial charge in [-0.1, -0.05) is 18.6 Å². The maximum Gasteiger partial charge on any atom is 1.00 e. The fourth-order valence-corrected chi connectivity index (χ4v) is 4.73. The van der Waals surface area contributed by atoms with Gasteiger partial charge in [-0.25, -0.2) is 4.79 Å². The molecule has 134 valence electrons. The minimum absolute atomic E-state index is 0. The van der Waals surface area contributed by atoms with E-state index in [4.69, 9.17) is 0 Å². The van der Waals surface area contributed by atoms with Crippen LogP contribution in [0.4, 0.5) is 10.5 Å². The molecule has 7 nitrogen and oxygen atoms in total. The van der Waals surface area contributed by atoms with Crippen molar-refractivity contribution in [1.82, 2.24) is 10.6 Å². The Morgan fingerprint density at radius 2 is 1.92 bits per heavy atom. The number of rotatable bonds is 7. The number of anilines is 1. The third-order valence-electron chi connectivity index (χ3n) is 4.48. The molecule has 2 fully saturated rings. The van der Waals surface area contributed by atoms with Crippen LogP contribution in [0.15, 0.2) is 24.3 Å². The first kappa shape index (κ1) is 21.1. The molecule has 1 aromatic carbocycles. The molecule has 3 amide bonds. The summed E-state index contributed by atoms with van der Waals surface area (Å²) < 4.78 is 0. The Hall–Kier alpha value is -1.22. The number of urea groups is 1.